The SMILES string of the molecule is Cn1cc2cc(-c3cc(C(F)(F)F)c(N[C@@H]4C[C@@H]5CN(Cc6ccccn6)C[C@@H]5C4)nn3)ccc2n1. The molecule has 36 heavy (non-hydrogen) atoms. The van der Waals surface area contributed by atoms with Gasteiger partial charge in [0, 0.05) is 56.1 Å². The van der Waals surface area contributed by atoms with E-state index in [0.717, 1.165) is 55.1 Å². The predicted molar refractivity (Wildman–Crippen MR) is 130 cm³/mol. The van der Waals surface area contributed by atoms with Crippen LogP contribution in [0.5, 0.6) is 0 Å². The summed E-state index contributed by atoms with van der Waals surface area (Å²) in [5, 5.41) is 16.4. The van der Waals surface area contributed by atoms with Gasteiger partial charge in [0.2, 0.25) is 0 Å². The first-order valence-electron chi connectivity index (χ1n) is 12.1. The lowest BCUT2D eigenvalue weighted by atomic mass is 10.0. The third-order valence-electron chi connectivity index (χ3n) is 7.29. The highest BCUT2D eigenvalue weighted by molar-refractivity contribution is 5.83. The Labute approximate surface area is 206 Å². The Kier molecular flexibility index (Phi) is 5.63. The lowest BCUT2D eigenvalue weighted by Crippen LogP contribution is -2.26. The van der Waals surface area contributed by atoms with E-state index in [2.05, 4.69) is 30.5 Å². The van der Waals surface area contributed by atoms with Crippen LogP contribution in [0.3, 0.4) is 0 Å². The highest BCUT2D eigenvalue weighted by atomic mass is 19.4. The summed E-state index contributed by atoms with van der Waals surface area (Å²) in [6.07, 6.45) is 0.720. The van der Waals surface area contributed by atoms with Crippen LogP contribution in [-0.4, -0.2) is 49.0 Å². The largest absolute Gasteiger partial charge is 0.420 e. The summed E-state index contributed by atoms with van der Waals surface area (Å²) in [5.74, 6) is 0.724. The van der Waals surface area contributed by atoms with E-state index in [9.17, 15) is 13.2 Å². The van der Waals surface area contributed by atoms with Gasteiger partial charge in [-0.3, -0.25) is 14.6 Å². The van der Waals surface area contributed by atoms with Crippen LogP contribution < -0.4 is 5.32 Å². The lowest BCUT2D eigenvalue weighted by molar-refractivity contribution is -0.137. The second kappa shape index (κ2) is 8.85. The van der Waals surface area contributed by atoms with Crippen LogP contribution in [-0.2, 0) is 19.8 Å². The molecule has 186 valence electrons. The number of hydrogen-bond acceptors (Lipinski definition) is 6. The maximum absolute atomic E-state index is 14.0. The van der Waals surface area contributed by atoms with Crippen molar-refractivity contribution < 1.29 is 13.2 Å². The molecule has 6 rings (SSSR count). The van der Waals surface area contributed by atoms with Gasteiger partial charge in [-0.1, -0.05) is 12.1 Å². The highest BCUT2D eigenvalue weighted by Gasteiger charge is 2.42. The van der Waals surface area contributed by atoms with E-state index in [1.807, 2.05) is 24.4 Å². The Morgan fingerprint density at radius 2 is 1.83 bits per heavy atom. The number of nitrogens with one attached hydrogen (secondary N) is 1. The molecule has 1 aliphatic carbocycles. The molecule has 0 amide bonds. The maximum Gasteiger partial charge on any atom is 0.420 e. The topological polar surface area (TPSA) is 71.8 Å². The number of rotatable bonds is 5. The van der Waals surface area contributed by atoms with Gasteiger partial charge >= 0.3 is 6.18 Å². The first-order chi connectivity index (χ1) is 17.3. The number of fused-ring (bicyclic) bond motifs is 2. The number of alkyl halides is 3. The third-order valence-corrected chi connectivity index (χ3v) is 7.29. The summed E-state index contributed by atoms with van der Waals surface area (Å²) in [6.45, 7) is 2.68. The molecule has 1 aliphatic heterocycles. The molecule has 1 N–H and O–H groups in total. The van der Waals surface area contributed by atoms with Gasteiger partial charge in [-0.25, -0.2) is 0 Å². The molecule has 1 saturated carbocycles. The zero-order valence-corrected chi connectivity index (χ0v) is 19.8. The van der Waals surface area contributed by atoms with Gasteiger partial charge in [0.25, 0.3) is 0 Å². The molecule has 3 aromatic heterocycles. The Bertz CT molecular complexity index is 1370. The fourth-order valence-electron chi connectivity index (χ4n) is 5.72. The van der Waals surface area contributed by atoms with E-state index in [0.29, 0.717) is 17.4 Å². The molecule has 10 heteroatoms. The molecule has 2 fully saturated rings. The molecule has 4 heterocycles. The van der Waals surface area contributed by atoms with Gasteiger partial charge in [-0.05, 0) is 55.0 Å². The molecule has 0 radical (unpaired) electrons. The molecule has 0 spiro atoms. The van der Waals surface area contributed by atoms with Gasteiger partial charge in [-0.15, -0.1) is 10.2 Å². The molecule has 1 saturated heterocycles. The van der Waals surface area contributed by atoms with Crippen LogP contribution in [0, 0.1) is 11.8 Å². The van der Waals surface area contributed by atoms with E-state index in [4.69, 9.17) is 0 Å². The quantitative estimate of drug-likeness (QED) is 0.432. The number of pyridine rings is 1. The molecular formula is C26H26F3N7. The van der Waals surface area contributed by atoms with E-state index in [1.165, 1.54) is 0 Å². The fourth-order valence-corrected chi connectivity index (χ4v) is 5.72. The predicted octanol–water partition coefficient (Wildman–Crippen LogP) is 4.77. The molecule has 2 aliphatic rings. The van der Waals surface area contributed by atoms with Crippen molar-refractivity contribution >= 4 is 16.7 Å². The minimum Gasteiger partial charge on any atom is -0.365 e. The summed E-state index contributed by atoms with van der Waals surface area (Å²) in [6, 6.07) is 12.2. The first kappa shape index (κ1) is 22.9. The second-order valence-electron chi connectivity index (χ2n) is 9.91. The van der Waals surface area contributed by atoms with Gasteiger partial charge in [0.15, 0.2) is 5.82 Å². The highest BCUT2D eigenvalue weighted by Crippen LogP contribution is 2.41. The molecule has 7 nitrogen and oxygen atoms in total. The Hall–Kier alpha value is -3.53. The number of halogens is 3. The Morgan fingerprint density at radius 3 is 2.56 bits per heavy atom. The first-order valence-corrected chi connectivity index (χ1v) is 12.1. The Balaban J connectivity index is 1.17. The number of aromatic nitrogens is 5. The zero-order chi connectivity index (χ0) is 24.9. The van der Waals surface area contributed by atoms with Crippen molar-refractivity contribution in [1.29, 1.82) is 0 Å². The number of nitrogens with zero attached hydrogens (tertiary/aromatic N) is 6. The van der Waals surface area contributed by atoms with Crippen molar-refractivity contribution in [3.05, 3.63) is 66.1 Å². The third kappa shape index (κ3) is 4.53. The standard InChI is InChI=1S/C26H26F3N7/c1-35-12-19-8-16(5-6-23(19)34-35)24-11-22(26(27,28)29)25(33-32-24)31-21-9-17-13-36(14-18(17)10-21)15-20-4-2-3-7-30-20/h2-8,11-12,17-18,21H,9-10,13-15H2,1H3,(H,31,33)/t17-,18+,21-. The minimum absolute atomic E-state index is 0.0509. The average Bonchev–Trinajstić information content (AvgIpc) is 3.50. The molecular weight excluding hydrogens is 467 g/mol. The number of likely N-dealkylation sites (tertiary alicyclic amines) is 1. The van der Waals surface area contributed by atoms with Crippen molar-refractivity contribution in [2.75, 3.05) is 18.4 Å². The van der Waals surface area contributed by atoms with Gasteiger partial charge in [0.1, 0.15) is 5.56 Å². The normalized spacial score (nSPS) is 22.3. The summed E-state index contributed by atoms with van der Waals surface area (Å²) < 4.78 is 43.8. The fraction of sp³-hybridized carbons (Fsp3) is 0.385. The van der Waals surface area contributed by atoms with Gasteiger partial charge in [-0.2, -0.15) is 18.3 Å². The zero-order valence-electron chi connectivity index (χ0n) is 19.8. The van der Waals surface area contributed by atoms with Crippen LogP contribution in [0.2, 0.25) is 0 Å². The second-order valence-corrected chi connectivity index (χ2v) is 9.91. The van der Waals surface area contributed by atoms with Crippen LogP contribution >= 0.6 is 0 Å². The summed E-state index contributed by atoms with van der Waals surface area (Å²) in [7, 11) is 1.80. The van der Waals surface area contributed by atoms with Crippen molar-refractivity contribution in [3.63, 3.8) is 0 Å². The van der Waals surface area contributed by atoms with E-state index < -0.39 is 11.7 Å². The van der Waals surface area contributed by atoms with E-state index in [1.54, 1.807) is 36.1 Å². The molecule has 0 bridgehead atoms. The number of hydrogen-bond donors (Lipinski definition) is 1. The van der Waals surface area contributed by atoms with Crippen LogP contribution in [0.25, 0.3) is 22.2 Å². The van der Waals surface area contributed by atoms with Crippen molar-refractivity contribution in [2.45, 2.75) is 31.6 Å². The summed E-state index contributed by atoms with van der Waals surface area (Å²) in [4.78, 5) is 6.80. The van der Waals surface area contributed by atoms with E-state index in [-0.39, 0.29) is 17.6 Å². The smallest absolute Gasteiger partial charge is 0.365 e. The van der Waals surface area contributed by atoms with Gasteiger partial charge < -0.3 is 5.32 Å². The van der Waals surface area contributed by atoms with Crippen molar-refractivity contribution in [2.24, 2.45) is 18.9 Å². The Morgan fingerprint density at radius 1 is 1.03 bits per heavy atom. The maximum atomic E-state index is 14.0. The van der Waals surface area contributed by atoms with Crippen molar-refractivity contribution in [1.82, 2.24) is 29.9 Å². The molecule has 0 unspecified atom stereocenters. The van der Waals surface area contributed by atoms with Gasteiger partial charge in [0.05, 0.1) is 16.9 Å². The average molecular weight is 494 g/mol. The number of benzene rings is 1. The van der Waals surface area contributed by atoms with Crippen molar-refractivity contribution in [3.8, 4) is 11.3 Å². The molecule has 3 atom stereocenters. The molecule has 4 aromatic rings. The van der Waals surface area contributed by atoms with Crippen LogP contribution in [0.4, 0.5) is 19.0 Å². The number of anilines is 1. The summed E-state index contributed by atoms with van der Waals surface area (Å²) >= 11 is 0. The monoisotopic (exact) mass is 493 g/mol. The minimum atomic E-state index is -4.54. The van der Waals surface area contributed by atoms with Crippen LogP contribution in [0.1, 0.15) is 24.1 Å². The molecule has 1 aromatic carbocycles. The number of aryl methyl sites for hydroxylation is 1. The summed E-state index contributed by atoms with van der Waals surface area (Å²) in [5.41, 5.74) is 1.79. The lowest BCUT2D eigenvalue weighted by Gasteiger charge is -2.21. The van der Waals surface area contributed by atoms with E-state index >= 15 is 0 Å². The van der Waals surface area contributed by atoms with Crippen LogP contribution in [0.15, 0.2) is 54.9 Å².